The summed E-state index contributed by atoms with van der Waals surface area (Å²) >= 11 is 5.85. The second-order valence-electron chi connectivity index (χ2n) is 5.49. The summed E-state index contributed by atoms with van der Waals surface area (Å²) in [5, 5.41) is 13.5. The van der Waals surface area contributed by atoms with Crippen LogP contribution in [0.2, 0.25) is 5.02 Å². The molecule has 8 nitrogen and oxygen atoms in total. The lowest BCUT2D eigenvalue weighted by atomic mass is 10.2. The van der Waals surface area contributed by atoms with Crippen LogP contribution in [-0.4, -0.2) is 25.4 Å². The lowest BCUT2D eigenvalue weighted by Gasteiger charge is -2.16. The van der Waals surface area contributed by atoms with Crippen molar-refractivity contribution < 1.29 is 36.4 Å². The van der Waals surface area contributed by atoms with E-state index in [1.807, 2.05) is 0 Å². The summed E-state index contributed by atoms with van der Waals surface area (Å²) in [6.45, 7) is 0. The Bertz CT molecular complexity index is 949. The minimum atomic E-state index is -4.57. The Hall–Kier alpha value is -2.33. The quantitative estimate of drug-likeness (QED) is 0.300. The van der Waals surface area contributed by atoms with Crippen molar-refractivity contribution in [1.82, 2.24) is 0 Å². The van der Waals surface area contributed by atoms with Crippen molar-refractivity contribution >= 4 is 30.6 Å². The molecule has 0 atom stereocenters. The highest BCUT2D eigenvalue weighted by Crippen LogP contribution is 2.46. The van der Waals surface area contributed by atoms with E-state index in [2.05, 4.69) is 5.32 Å². The third-order valence-electron chi connectivity index (χ3n) is 3.67. The number of nitrogens with one attached hydrogen (secondary N) is 1. The number of nitro benzene ring substituents is 1. The molecule has 1 N–H and O–H groups in total. The molecule has 0 radical (unpaired) electrons. The molecule has 29 heavy (non-hydrogen) atoms. The molecule has 0 unspecified atom stereocenters. The number of halogens is 4. The van der Waals surface area contributed by atoms with E-state index in [1.54, 1.807) is 0 Å². The van der Waals surface area contributed by atoms with Crippen molar-refractivity contribution in [1.29, 1.82) is 0 Å². The monoisotopic (exact) mass is 454 g/mol. The van der Waals surface area contributed by atoms with Crippen LogP contribution >= 0.6 is 19.2 Å². The molecule has 0 aliphatic carbocycles. The molecule has 13 heteroatoms. The van der Waals surface area contributed by atoms with Gasteiger partial charge in [0.15, 0.2) is 0 Å². The zero-order valence-corrected chi connectivity index (χ0v) is 16.7. The van der Waals surface area contributed by atoms with Gasteiger partial charge in [0.05, 0.1) is 15.5 Å². The van der Waals surface area contributed by atoms with Crippen LogP contribution in [-0.2, 0) is 19.8 Å². The summed E-state index contributed by atoms with van der Waals surface area (Å²) in [5.74, 6) is -0.0386. The molecule has 0 fully saturated rings. The SMILES string of the molecule is COP(=O)(CNc1cc(Oc2ccc(C(F)(F)F)cc2Cl)ccc1[N+](=O)[O-])OC. The minimum Gasteiger partial charge on any atom is -0.456 e. The number of alkyl halides is 3. The van der Waals surface area contributed by atoms with Crippen LogP contribution in [0.5, 0.6) is 11.5 Å². The Morgan fingerprint density at radius 1 is 1.17 bits per heavy atom. The van der Waals surface area contributed by atoms with Gasteiger partial charge in [-0.15, -0.1) is 0 Å². The number of hydrogen-bond donors (Lipinski definition) is 1. The molecule has 0 saturated heterocycles. The molecule has 2 aromatic rings. The van der Waals surface area contributed by atoms with Crippen molar-refractivity contribution in [3.8, 4) is 11.5 Å². The Balaban J connectivity index is 2.31. The van der Waals surface area contributed by atoms with E-state index in [0.29, 0.717) is 6.07 Å². The van der Waals surface area contributed by atoms with Gasteiger partial charge in [-0.3, -0.25) is 14.7 Å². The predicted molar refractivity (Wildman–Crippen MR) is 99.7 cm³/mol. The fourth-order valence-corrected chi connectivity index (χ4v) is 3.14. The first-order valence-electron chi connectivity index (χ1n) is 7.76. The van der Waals surface area contributed by atoms with Crippen LogP contribution in [0.1, 0.15) is 5.56 Å². The van der Waals surface area contributed by atoms with Gasteiger partial charge in [0, 0.05) is 26.4 Å². The van der Waals surface area contributed by atoms with Gasteiger partial charge in [0.2, 0.25) is 0 Å². The van der Waals surface area contributed by atoms with Gasteiger partial charge < -0.3 is 19.1 Å². The fraction of sp³-hybridized carbons (Fsp3) is 0.250. The largest absolute Gasteiger partial charge is 0.456 e. The minimum absolute atomic E-state index is 0.0458. The number of ether oxygens (including phenoxy) is 1. The van der Waals surface area contributed by atoms with Crippen molar-refractivity contribution in [3.05, 3.63) is 57.1 Å². The summed E-state index contributed by atoms with van der Waals surface area (Å²) in [6.07, 6.45) is -4.94. The Kier molecular flexibility index (Phi) is 7.12. The zero-order valence-electron chi connectivity index (χ0n) is 15.0. The number of anilines is 1. The molecule has 0 aliphatic rings. The first-order valence-corrected chi connectivity index (χ1v) is 9.87. The molecule has 2 aromatic carbocycles. The zero-order chi connectivity index (χ0) is 21.8. The number of hydrogen-bond acceptors (Lipinski definition) is 7. The molecular weight excluding hydrogens is 440 g/mol. The van der Waals surface area contributed by atoms with Gasteiger partial charge in [0.1, 0.15) is 23.5 Å². The van der Waals surface area contributed by atoms with Gasteiger partial charge in [-0.1, -0.05) is 11.6 Å². The highest BCUT2D eigenvalue weighted by Gasteiger charge is 2.31. The number of benzene rings is 2. The first kappa shape index (κ1) is 23.0. The molecule has 0 spiro atoms. The smallest absolute Gasteiger partial charge is 0.416 e. The van der Waals surface area contributed by atoms with Crippen molar-refractivity contribution in [2.75, 3.05) is 25.8 Å². The average Bonchev–Trinajstić information content (AvgIpc) is 2.66. The topological polar surface area (TPSA) is 99.9 Å². The van der Waals surface area contributed by atoms with E-state index in [9.17, 15) is 27.9 Å². The molecule has 0 heterocycles. The molecule has 0 bridgehead atoms. The van der Waals surface area contributed by atoms with Crippen molar-refractivity contribution in [2.24, 2.45) is 0 Å². The van der Waals surface area contributed by atoms with E-state index >= 15 is 0 Å². The van der Waals surface area contributed by atoms with Crippen molar-refractivity contribution in [3.63, 3.8) is 0 Å². The predicted octanol–water partition coefficient (Wildman–Crippen LogP) is 5.91. The molecule has 0 aliphatic heterocycles. The van der Waals surface area contributed by atoms with Gasteiger partial charge in [-0.05, 0) is 24.3 Å². The third-order valence-corrected chi connectivity index (χ3v) is 5.62. The second-order valence-corrected chi connectivity index (χ2v) is 8.17. The first-order chi connectivity index (χ1) is 13.5. The fourth-order valence-electron chi connectivity index (χ4n) is 2.15. The lowest BCUT2D eigenvalue weighted by molar-refractivity contribution is -0.384. The standard InChI is InChI=1S/C16H15ClF3N2O6P/c1-26-29(25,27-2)9-21-13-8-11(4-5-14(13)22(23)24)28-15-6-3-10(7-12(15)17)16(18,19)20/h3-8,21H,9H2,1-2H3. The Morgan fingerprint density at radius 3 is 2.34 bits per heavy atom. The van der Waals surface area contributed by atoms with Crippen LogP contribution in [0.4, 0.5) is 24.5 Å². The van der Waals surface area contributed by atoms with Gasteiger partial charge >= 0.3 is 13.8 Å². The van der Waals surface area contributed by atoms with E-state index < -0.39 is 24.3 Å². The van der Waals surface area contributed by atoms with E-state index in [-0.39, 0.29) is 34.2 Å². The van der Waals surface area contributed by atoms with Crippen LogP contribution in [0.15, 0.2) is 36.4 Å². The maximum Gasteiger partial charge on any atom is 0.416 e. The van der Waals surface area contributed by atoms with Gasteiger partial charge in [-0.25, -0.2) is 0 Å². The summed E-state index contributed by atoms with van der Waals surface area (Å²) in [5.41, 5.74) is -1.37. The maximum absolute atomic E-state index is 12.7. The van der Waals surface area contributed by atoms with E-state index in [4.69, 9.17) is 25.4 Å². The summed E-state index contributed by atoms with van der Waals surface area (Å²) in [6, 6.07) is 6.09. The highest BCUT2D eigenvalue weighted by atomic mass is 35.5. The Morgan fingerprint density at radius 2 is 1.83 bits per heavy atom. The van der Waals surface area contributed by atoms with E-state index in [0.717, 1.165) is 32.4 Å². The second kappa shape index (κ2) is 9.00. The number of nitro groups is 1. The summed E-state index contributed by atoms with van der Waals surface area (Å²) in [7, 11) is -1.19. The molecule has 0 amide bonds. The average molecular weight is 455 g/mol. The maximum atomic E-state index is 12.7. The molecule has 2 rings (SSSR count). The van der Waals surface area contributed by atoms with Gasteiger partial charge in [0.25, 0.3) is 5.69 Å². The molecular formula is C16H15ClF3N2O6P. The van der Waals surface area contributed by atoms with Crippen LogP contribution in [0.3, 0.4) is 0 Å². The summed E-state index contributed by atoms with van der Waals surface area (Å²) in [4.78, 5) is 10.5. The molecule has 0 saturated carbocycles. The summed E-state index contributed by atoms with van der Waals surface area (Å²) < 4.78 is 65.2. The molecule has 0 aromatic heterocycles. The molecule has 158 valence electrons. The van der Waals surface area contributed by atoms with Crippen molar-refractivity contribution in [2.45, 2.75) is 6.18 Å². The van der Waals surface area contributed by atoms with Gasteiger partial charge in [-0.2, -0.15) is 13.2 Å². The highest BCUT2D eigenvalue weighted by molar-refractivity contribution is 7.53. The third kappa shape index (κ3) is 5.83. The normalized spacial score (nSPS) is 11.9. The number of rotatable bonds is 8. The van der Waals surface area contributed by atoms with E-state index in [1.165, 1.54) is 12.1 Å². The van der Waals surface area contributed by atoms with Crippen LogP contribution in [0, 0.1) is 10.1 Å². The lowest BCUT2D eigenvalue weighted by Crippen LogP contribution is -2.07. The van der Waals surface area contributed by atoms with Crippen LogP contribution in [0.25, 0.3) is 0 Å². The Labute approximate surface area is 168 Å². The number of nitrogens with zero attached hydrogens (tertiary/aromatic N) is 1. The van der Waals surface area contributed by atoms with Crippen LogP contribution < -0.4 is 10.1 Å².